The minimum atomic E-state index is -3.91. The Morgan fingerprint density at radius 3 is 2.61 bits per heavy atom. The van der Waals surface area contributed by atoms with Gasteiger partial charge in [-0.2, -0.15) is 0 Å². The molecule has 0 aliphatic carbocycles. The Hall–Kier alpha value is -1.05. The van der Waals surface area contributed by atoms with Crippen molar-refractivity contribution in [2.45, 2.75) is 30.7 Å². The molecule has 0 aromatic heterocycles. The van der Waals surface area contributed by atoms with Gasteiger partial charge in [0.1, 0.15) is 0 Å². The van der Waals surface area contributed by atoms with Crippen LogP contribution >= 0.6 is 0 Å². The average Bonchev–Trinajstić information content (AvgIpc) is 2.35. The van der Waals surface area contributed by atoms with Crippen LogP contribution in [0.3, 0.4) is 0 Å². The first kappa shape index (κ1) is 15.0. The lowest BCUT2D eigenvalue weighted by molar-refractivity contribution is 0.153. The number of halogens is 2. The number of alkyl halides is 2. The molecule has 1 aromatic rings. The quantitative estimate of drug-likeness (QED) is 0.831. The van der Waals surface area contributed by atoms with Gasteiger partial charge in [0.2, 0.25) is 10.0 Å². The molecule has 0 aliphatic rings. The van der Waals surface area contributed by atoms with E-state index in [-0.39, 0.29) is 10.9 Å². The van der Waals surface area contributed by atoms with Gasteiger partial charge < -0.3 is 5.73 Å². The highest BCUT2D eigenvalue weighted by molar-refractivity contribution is 7.89. The molecule has 0 amide bonds. The second kappa shape index (κ2) is 6.21. The van der Waals surface area contributed by atoms with E-state index >= 15 is 0 Å². The van der Waals surface area contributed by atoms with Crippen molar-refractivity contribution in [1.29, 1.82) is 0 Å². The molecule has 1 atom stereocenters. The second-order valence-electron chi connectivity index (χ2n) is 3.83. The van der Waals surface area contributed by atoms with Gasteiger partial charge in [-0.1, -0.05) is 19.1 Å². The highest BCUT2D eigenvalue weighted by Gasteiger charge is 2.17. The highest BCUT2D eigenvalue weighted by Crippen LogP contribution is 2.18. The molecule has 0 saturated heterocycles. The van der Waals surface area contributed by atoms with Gasteiger partial charge in [-0.05, 0) is 24.1 Å². The summed E-state index contributed by atoms with van der Waals surface area (Å²) in [4.78, 5) is -0.0513. The summed E-state index contributed by atoms with van der Waals surface area (Å²) in [6.45, 7) is 0.979. The monoisotopic (exact) mass is 278 g/mol. The molecule has 102 valence electrons. The van der Waals surface area contributed by atoms with Crippen molar-refractivity contribution < 1.29 is 17.2 Å². The van der Waals surface area contributed by atoms with Crippen molar-refractivity contribution in [2.24, 2.45) is 5.73 Å². The van der Waals surface area contributed by atoms with Gasteiger partial charge in [-0.3, -0.25) is 0 Å². The number of benzene rings is 1. The summed E-state index contributed by atoms with van der Waals surface area (Å²) >= 11 is 0. The molecule has 1 rings (SSSR count). The Kier molecular flexibility index (Phi) is 5.18. The fourth-order valence-electron chi connectivity index (χ4n) is 1.40. The zero-order chi connectivity index (χ0) is 13.8. The van der Waals surface area contributed by atoms with E-state index < -0.39 is 23.0 Å². The van der Waals surface area contributed by atoms with Crippen LogP contribution < -0.4 is 10.5 Å². The normalized spacial score (nSPS) is 13.8. The SMILES string of the molecule is CCC(N)c1cccc(S(=O)(=O)NCC(F)F)c1. The van der Waals surface area contributed by atoms with Crippen LogP contribution in [0.25, 0.3) is 0 Å². The molecule has 7 heteroatoms. The Bertz CT molecular complexity index is 492. The number of hydrogen-bond acceptors (Lipinski definition) is 3. The number of hydrogen-bond donors (Lipinski definition) is 2. The molecule has 0 bridgehead atoms. The molecule has 0 saturated carbocycles. The van der Waals surface area contributed by atoms with E-state index in [0.717, 1.165) is 0 Å². The van der Waals surface area contributed by atoms with Crippen LogP contribution in [0.4, 0.5) is 8.78 Å². The van der Waals surface area contributed by atoms with Crippen LogP contribution in [0, 0.1) is 0 Å². The largest absolute Gasteiger partial charge is 0.324 e. The molecular formula is C11H16F2N2O2S. The zero-order valence-corrected chi connectivity index (χ0v) is 10.8. The third-order valence-corrected chi connectivity index (χ3v) is 3.89. The van der Waals surface area contributed by atoms with E-state index in [4.69, 9.17) is 5.73 Å². The van der Waals surface area contributed by atoms with Crippen molar-refractivity contribution in [1.82, 2.24) is 4.72 Å². The Morgan fingerprint density at radius 1 is 1.39 bits per heavy atom. The summed E-state index contributed by atoms with van der Waals surface area (Å²) < 4.78 is 49.3. The summed E-state index contributed by atoms with van der Waals surface area (Å²) in [7, 11) is -3.91. The molecule has 1 aromatic carbocycles. The molecule has 0 radical (unpaired) electrons. The summed E-state index contributed by atoms with van der Waals surface area (Å²) in [5.74, 6) is 0. The van der Waals surface area contributed by atoms with Crippen molar-refractivity contribution in [3.63, 3.8) is 0 Å². The Labute approximate surface area is 105 Å². The third-order valence-electron chi connectivity index (χ3n) is 2.46. The van der Waals surface area contributed by atoms with Crippen LogP contribution in [-0.2, 0) is 10.0 Å². The Morgan fingerprint density at radius 2 is 2.06 bits per heavy atom. The minimum absolute atomic E-state index is 0.0513. The topological polar surface area (TPSA) is 72.2 Å². The first-order valence-corrected chi connectivity index (χ1v) is 6.98. The first-order valence-electron chi connectivity index (χ1n) is 5.50. The predicted molar refractivity (Wildman–Crippen MR) is 64.9 cm³/mol. The van der Waals surface area contributed by atoms with Gasteiger partial charge in [0.25, 0.3) is 6.43 Å². The Balaban J connectivity index is 2.95. The van der Waals surface area contributed by atoms with Crippen molar-refractivity contribution in [3.8, 4) is 0 Å². The lowest BCUT2D eigenvalue weighted by atomic mass is 10.1. The summed E-state index contributed by atoms with van der Waals surface area (Å²) in [5, 5.41) is 0. The smallest absolute Gasteiger partial charge is 0.251 e. The zero-order valence-electron chi connectivity index (χ0n) is 9.94. The number of sulfonamides is 1. The maximum absolute atomic E-state index is 12.0. The fraction of sp³-hybridized carbons (Fsp3) is 0.455. The maximum atomic E-state index is 12.0. The molecule has 0 aliphatic heterocycles. The first-order chi connectivity index (χ1) is 8.36. The van der Waals surface area contributed by atoms with Gasteiger partial charge in [-0.15, -0.1) is 0 Å². The molecule has 0 fully saturated rings. The van der Waals surface area contributed by atoms with Crippen LogP contribution in [0.15, 0.2) is 29.2 Å². The number of nitrogens with two attached hydrogens (primary N) is 1. The second-order valence-corrected chi connectivity index (χ2v) is 5.60. The minimum Gasteiger partial charge on any atom is -0.324 e. The van der Waals surface area contributed by atoms with Crippen LogP contribution in [-0.4, -0.2) is 21.4 Å². The van der Waals surface area contributed by atoms with Gasteiger partial charge in [0.15, 0.2) is 0 Å². The predicted octanol–water partition coefficient (Wildman–Crippen LogP) is 1.64. The van der Waals surface area contributed by atoms with E-state index in [1.807, 2.05) is 11.6 Å². The standard InChI is InChI=1S/C11H16F2N2O2S/c1-2-10(14)8-4-3-5-9(6-8)18(16,17)15-7-11(12)13/h3-6,10-11,15H,2,7,14H2,1H3. The van der Waals surface area contributed by atoms with Crippen LogP contribution in [0.5, 0.6) is 0 Å². The molecule has 0 heterocycles. The van der Waals surface area contributed by atoms with E-state index in [9.17, 15) is 17.2 Å². The summed E-state index contributed by atoms with van der Waals surface area (Å²) in [6, 6.07) is 5.74. The maximum Gasteiger partial charge on any atom is 0.251 e. The molecule has 0 spiro atoms. The van der Waals surface area contributed by atoms with Crippen LogP contribution in [0.1, 0.15) is 24.9 Å². The lowest BCUT2D eigenvalue weighted by Crippen LogP contribution is -2.28. The van der Waals surface area contributed by atoms with Gasteiger partial charge in [0, 0.05) is 6.04 Å². The summed E-state index contributed by atoms with van der Waals surface area (Å²) in [6.07, 6.45) is -2.06. The van der Waals surface area contributed by atoms with Crippen molar-refractivity contribution in [3.05, 3.63) is 29.8 Å². The highest BCUT2D eigenvalue weighted by atomic mass is 32.2. The number of rotatable bonds is 6. The average molecular weight is 278 g/mol. The van der Waals surface area contributed by atoms with Crippen LogP contribution in [0.2, 0.25) is 0 Å². The fourth-order valence-corrected chi connectivity index (χ4v) is 2.47. The van der Waals surface area contributed by atoms with E-state index in [0.29, 0.717) is 12.0 Å². The molecule has 1 unspecified atom stereocenters. The van der Waals surface area contributed by atoms with E-state index in [1.54, 1.807) is 12.1 Å². The van der Waals surface area contributed by atoms with E-state index in [1.165, 1.54) is 12.1 Å². The lowest BCUT2D eigenvalue weighted by Gasteiger charge is -2.11. The van der Waals surface area contributed by atoms with Crippen molar-refractivity contribution >= 4 is 10.0 Å². The molecule has 18 heavy (non-hydrogen) atoms. The number of nitrogens with one attached hydrogen (secondary N) is 1. The van der Waals surface area contributed by atoms with Gasteiger partial charge >= 0.3 is 0 Å². The van der Waals surface area contributed by atoms with E-state index in [2.05, 4.69) is 0 Å². The third kappa shape index (κ3) is 4.01. The van der Waals surface area contributed by atoms with Crippen molar-refractivity contribution in [2.75, 3.05) is 6.54 Å². The van der Waals surface area contributed by atoms with Gasteiger partial charge in [0.05, 0.1) is 11.4 Å². The van der Waals surface area contributed by atoms with Gasteiger partial charge in [-0.25, -0.2) is 21.9 Å². The molecule has 3 N–H and O–H groups in total. The molecular weight excluding hydrogens is 262 g/mol. The summed E-state index contributed by atoms with van der Waals surface area (Å²) in [5.41, 5.74) is 6.46. The molecule has 4 nitrogen and oxygen atoms in total.